The molecular weight excluding hydrogens is 376 g/mol. The summed E-state index contributed by atoms with van der Waals surface area (Å²) in [5, 5.41) is 8.47. The number of piperidine rings is 1. The maximum Gasteiger partial charge on any atom is 0.274 e. The minimum atomic E-state index is 0.136. The van der Waals surface area contributed by atoms with E-state index in [0.717, 1.165) is 70.5 Å². The lowest BCUT2D eigenvalue weighted by atomic mass is 9.90. The fourth-order valence-electron chi connectivity index (χ4n) is 4.75. The monoisotopic (exact) mass is 410 g/mol. The van der Waals surface area contributed by atoms with Crippen LogP contribution >= 0.6 is 0 Å². The Labute approximate surface area is 179 Å². The van der Waals surface area contributed by atoms with Gasteiger partial charge in [-0.05, 0) is 76.1 Å². The van der Waals surface area contributed by atoms with Crippen molar-refractivity contribution in [3.05, 3.63) is 46.8 Å². The highest BCUT2D eigenvalue weighted by molar-refractivity contribution is 5.94. The summed E-state index contributed by atoms with van der Waals surface area (Å²) < 4.78 is 7.29. The summed E-state index contributed by atoms with van der Waals surface area (Å²) in [5.74, 6) is 1.03. The second kappa shape index (κ2) is 9.65. The predicted octanol–water partition coefficient (Wildman–Crippen LogP) is 3.23. The molecule has 1 aromatic carbocycles. The molecular formula is C24H34N4O2. The first-order valence-electron chi connectivity index (χ1n) is 11.4. The number of likely N-dealkylation sites (tertiary alicyclic amines) is 1. The highest BCUT2D eigenvalue weighted by Crippen LogP contribution is 2.27. The van der Waals surface area contributed by atoms with Crippen LogP contribution in [0.3, 0.4) is 0 Å². The molecule has 1 saturated heterocycles. The van der Waals surface area contributed by atoms with Gasteiger partial charge in [0, 0.05) is 36.9 Å². The zero-order valence-electron chi connectivity index (χ0n) is 18.3. The van der Waals surface area contributed by atoms with Crippen LogP contribution in [-0.2, 0) is 25.8 Å². The normalized spacial score (nSPS) is 18.9. The molecule has 0 saturated carbocycles. The van der Waals surface area contributed by atoms with E-state index in [0.29, 0.717) is 11.7 Å². The molecule has 0 spiro atoms. The smallest absolute Gasteiger partial charge is 0.274 e. The van der Waals surface area contributed by atoms with Gasteiger partial charge in [0.25, 0.3) is 5.91 Å². The van der Waals surface area contributed by atoms with E-state index >= 15 is 0 Å². The van der Waals surface area contributed by atoms with Crippen molar-refractivity contribution in [2.45, 2.75) is 64.5 Å². The van der Waals surface area contributed by atoms with Crippen molar-refractivity contribution < 1.29 is 9.53 Å². The zero-order valence-corrected chi connectivity index (χ0v) is 18.3. The number of nitrogens with one attached hydrogen (secondary N) is 1. The van der Waals surface area contributed by atoms with Crippen molar-refractivity contribution in [1.82, 2.24) is 20.0 Å². The van der Waals surface area contributed by atoms with Gasteiger partial charge in [0.1, 0.15) is 5.75 Å². The van der Waals surface area contributed by atoms with Crippen LogP contribution in [0.4, 0.5) is 0 Å². The van der Waals surface area contributed by atoms with E-state index in [-0.39, 0.29) is 5.91 Å². The molecule has 1 atom stereocenters. The maximum atomic E-state index is 13.2. The molecule has 2 aliphatic rings. The summed E-state index contributed by atoms with van der Waals surface area (Å²) in [7, 11) is 1.69. The molecule has 30 heavy (non-hydrogen) atoms. The molecule has 1 fully saturated rings. The van der Waals surface area contributed by atoms with Crippen LogP contribution in [0.25, 0.3) is 0 Å². The number of fused-ring (bicyclic) bond motifs is 1. The maximum absolute atomic E-state index is 13.2. The number of rotatable bonds is 7. The first-order chi connectivity index (χ1) is 14.7. The molecule has 2 heterocycles. The lowest BCUT2D eigenvalue weighted by Crippen LogP contribution is -2.38. The Balaban J connectivity index is 1.40. The van der Waals surface area contributed by atoms with Gasteiger partial charge in [0.15, 0.2) is 5.69 Å². The molecule has 6 nitrogen and oxygen atoms in total. The van der Waals surface area contributed by atoms with Crippen LogP contribution < -0.4 is 10.1 Å². The minimum Gasteiger partial charge on any atom is -0.497 e. The topological polar surface area (TPSA) is 59.4 Å². The predicted molar refractivity (Wildman–Crippen MR) is 118 cm³/mol. The number of aromatic nitrogens is 2. The molecule has 1 aliphatic heterocycles. The SMILES string of the molecule is CCn1nc(C(=O)N2CCCCC2)c2c1CC[C@H](NCCc1ccc(OC)cc1)C2. The number of benzene rings is 1. The first kappa shape index (κ1) is 20.9. The largest absolute Gasteiger partial charge is 0.497 e. The number of ether oxygens (including phenoxy) is 1. The van der Waals surface area contributed by atoms with E-state index in [1.807, 2.05) is 17.0 Å². The Kier molecular flexibility index (Phi) is 6.72. The minimum absolute atomic E-state index is 0.136. The van der Waals surface area contributed by atoms with Gasteiger partial charge in [-0.3, -0.25) is 9.48 Å². The first-order valence-corrected chi connectivity index (χ1v) is 11.4. The van der Waals surface area contributed by atoms with E-state index in [4.69, 9.17) is 9.84 Å². The van der Waals surface area contributed by atoms with Crippen molar-refractivity contribution in [1.29, 1.82) is 0 Å². The molecule has 2 aromatic rings. The number of nitrogens with zero attached hydrogens (tertiary/aromatic N) is 3. The highest BCUT2D eigenvalue weighted by atomic mass is 16.5. The Morgan fingerprint density at radius 3 is 2.67 bits per heavy atom. The number of methoxy groups -OCH3 is 1. The average molecular weight is 411 g/mol. The van der Waals surface area contributed by atoms with Crippen molar-refractivity contribution in [3.8, 4) is 5.75 Å². The summed E-state index contributed by atoms with van der Waals surface area (Å²) in [6.45, 7) is 5.61. The van der Waals surface area contributed by atoms with Crippen molar-refractivity contribution in [2.24, 2.45) is 0 Å². The number of hydrogen-bond donors (Lipinski definition) is 1. The Morgan fingerprint density at radius 2 is 1.97 bits per heavy atom. The lowest BCUT2D eigenvalue weighted by molar-refractivity contribution is 0.0716. The van der Waals surface area contributed by atoms with Gasteiger partial charge in [-0.1, -0.05) is 12.1 Å². The van der Waals surface area contributed by atoms with Gasteiger partial charge in [-0.2, -0.15) is 5.10 Å². The fraction of sp³-hybridized carbons (Fsp3) is 0.583. The molecule has 1 aliphatic carbocycles. The summed E-state index contributed by atoms with van der Waals surface area (Å²) in [4.78, 5) is 15.2. The number of carbonyl (C=O) groups is 1. The zero-order chi connectivity index (χ0) is 20.9. The summed E-state index contributed by atoms with van der Waals surface area (Å²) in [5.41, 5.74) is 4.46. The molecule has 1 N–H and O–H groups in total. The molecule has 1 amide bonds. The number of aryl methyl sites for hydroxylation is 1. The number of carbonyl (C=O) groups excluding carboxylic acids is 1. The van der Waals surface area contributed by atoms with Crippen LogP contribution in [0, 0.1) is 0 Å². The second-order valence-corrected chi connectivity index (χ2v) is 8.43. The van der Waals surface area contributed by atoms with E-state index < -0.39 is 0 Å². The third kappa shape index (κ3) is 4.53. The van der Waals surface area contributed by atoms with Gasteiger partial charge in [-0.15, -0.1) is 0 Å². The van der Waals surface area contributed by atoms with E-state index in [9.17, 15) is 4.79 Å². The van der Waals surface area contributed by atoms with Crippen molar-refractivity contribution in [2.75, 3.05) is 26.7 Å². The Morgan fingerprint density at radius 1 is 1.20 bits per heavy atom. The van der Waals surface area contributed by atoms with Gasteiger partial charge in [0.2, 0.25) is 0 Å². The summed E-state index contributed by atoms with van der Waals surface area (Å²) in [6.07, 6.45) is 7.41. The Hall–Kier alpha value is -2.34. The van der Waals surface area contributed by atoms with Gasteiger partial charge in [-0.25, -0.2) is 0 Å². The van der Waals surface area contributed by atoms with Crippen molar-refractivity contribution in [3.63, 3.8) is 0 Å². The van der Waals surface area contributed by atoms with Crippen LogP contribution in [0.15, 0.2) is 24.3 Å². The van der Waals surface area contributed by atoms with Crippen LogP contribution in [0.5, 0.6) is 5.75 Å². The van der Waals surface area contributed by atoms with Crippen molar-refractivity contribution >= 4 is 5.91 Å². The number of amides is 1. The molecule has 1 aromatic heterocycles. The molecule has 0 unspecified atom stereocenters. The number of hydrogen-bond acceptors (Lipinski definition) is 4. The third-order valence-electron chi connectivity index (χ3n) is 6.50. The standard InChI is InChI=1S/C24H34N4O2/c1-3-28-22-12-9-19(25-14-13-18-7-10-20(30-2)11-8-18)17-21(22)23(26-28)24(29)27-15-5-4-6-16-27/h7-8,10-11,19,25H,3-6,9,12-17H2,1-2H3/t19-/m0/s1. The second-order valence-electron chi connectivity index (χ2n) is 8.43. The van der Waals surface area contributed by atoms with Gasteiger partial charge >= 0.3 is 0 Å². The summed E-state index contributed by atoms with van der Waals surface area (Å²) >= 11 is 0. The van der Waals surface area contributed by atoms with Gasteiger partial charge in [0.05, 0.1) is 7.11 Å². The highest BCUT2D eigenvalue weighted by Gasteiger charge is 2.31. The summed E-state index contributed by atoms with van der Waals surface area (Å²) in [6, 6.07) is 8.68. The van der Waals surface area contributed by atoms with Crippen LogP contribution in [0.2, 0.25) is 0 Å². The lowest BCUT2D eigenvalue weighted by Gasteiger charge is -2.27. The molecule has 4 rings (SSSR count). The van der Waals surface area contributed by atoms with Crippen LogP contribution in [-0.4, -0.2) is 53.4 Å². The molecule has 0 radical (unpaired) electrons. The van der Waals surface area contributed by atoms with E-state index in [1.54, 1.807) is 7.11 Å². The van der Waals surface area contributed by atoms with E-state index in [1.165, 1.54) is 23.2 Å². The van der Waals surface area contributed by atoms with E-state index in [2.05, 4.69) is 29.1 Å². The fourth-order valence-corrected chi connectivity index (χ4v) is 4.75. The Bertz CT molecular complexity index is 853. The molecule has 6 heteroatoms. The van der Waals surface area contributed by atoms with Crippen LogP contribution in [0.1, 0.15) is 59.9 Å². The average Bonchev–Trinajstić information content (AvgIpc) is 3.17. The molecule has 0 bridgehead atoms. The quantitative estimate of drug-likeness (QED) is 0.761. The molecule has 162 valence electrons. The third-order valence-corrected chi connectivity index (χ3v) is 6.50. The van der Waals surface area contributed by atoms with Gasteiger partial charge < -0.3 is 15.0 Å².